The second-order valence-electron chi connectivity index (χ2n) is 6.77. The summed E-state index contributed by atoms with van der Waals surface area (Å²) in [7, 11) is -2.60. The lowest BCUT2D eigenvalue weighted by molar-refractivity contribution is -0.134. The minimum atomic E-state index is -3.99. The van der Waals surface area contributed by atoms with Gasteiger partial charge in [-0.15, -0.1) is 0 Å². The second kappa shape index (κ2) is 10.4. The summed E-state index contributed by atoms with van der Waals surface area (Å²) in [5.74, 6) is -1.35. The Morgan fingerprint density at radius 3 is 2.23 bits per heavy atom. The fraction of sp³-hybridized carbons (Fsp3) is 0.250. The number of nitrogens with one attached hydrogen (secondary N) is 3. The Labute approximate surface area is 185 Å². The van der Waals surface area contributed by atoms with Gasteiger partial charge in [-0.2, -0.15) is 4.72 Å². The quantitative estimate of drug-likeness (QED) is 0.549. The number of carbonyl (C=O) groups is 3. The molecule has 166 valence electrons. The number of amides is 3. The van der Waals surface area contributed by atoms with Gasteiger partial charge in [0.1, 0.15) is 0 Å². The van der Waals surface area contributed by atoms with Crippen molar-refractivity contribution in [3.05, 3.63) is 53.6 Å². The third-order valence-corrected chi connectivity index (χ3v) is 5.98. The van der Waals surface area contributed by atoms with Crippen LogP contribution in [0.5, 0.6) is 0 Å². The van der Waals surface area contributed by atoms with Gasteiger partial charge in [0.15, 0.2) is 0 Å². The molecule has 0 radical (unpaired) electrons. The van der Waals surface area contributed by atoms with Crippen molar-refractivity contribution in [2.45, 2.75) is 24.8 Å². The monoisotopic (exact) mass is 466 g/mol. The van der Waals surface area contributed by atoms with Crippen molar-refractivity contribution in [2.75, 3.05) is 24.2 Å². The third-order valence-electron chi connectivity index (χ3n) is 4.09. The normalized spacial score (nSPS) is 12.0. The lowest BCUT2D eigenvalue weighted by atomic mass is 10.3. The number of anilines is 2. The van der Waals surface area contributed by atoms with E-state index in [0.29, 0.717) is 16.4 Å². The van der Waals surface area contributed by atoms with Crippen molar-refractivity contribution in [1.29, 1.82) is 0 Å². The molecule has 1 atom stereocenters. The summed E-state index contributed by atoms with van der Waals surface area (Å²) in [6, 6.07) is 11.0. The number of rotatable bonds is 8. The average molecular weight is 467 g/mol. The van der Waals surface area contributed by atoms with Crippen molar-refractivity contribution in [1.82, 2.24) is 9.62 Å². The van der Waals surface area contributed by atoms with Crippen LogP contribution < -0.4 is 15.4 Å². The maximum atomic E-state index is 12.5. The molecule has 0 aliphatic carbocycles. The van der Waals surface area contributed by atoms with Crippen LogP contribution in [0.3, 0.4) is 0 Å². The Morgan fingerprint density at radius 1 is 1.03 bits per heavy atom. The Kier molecular flexibility index (Phi) is 8.14. The van der Waals surface area contributed by atoms with Crippen molar-refractivity contribution in [3.63, 3.8) is 0 Å². The molecule has 0 heterocycles. The number of hydrogen-bond acceptors (Lipinski definition) is 5. The molecule has 2 aromatic carbocycles. The Bertz CT molecular complexity index is 1070. The smallest absolute Gasteiger partial charge is 0.244 e. The zero-order chi connectivity index (χ0) is 23.2. The van der Waals surface area contributed by atoms with Crippen LogP contribution in [0.15, 0.2) is 53.4 Å². The molecule has 3 N–H and O–H groups in total. The molecule has 0 saturated carbocycles. The van der Waals surface area contributed by atoms with E-state index >= 15 is 0 Å². The van der Waals surface area contributed by atoms with Crippen molar-refractivity contribution in [2.24, 2.45) is 0 Å². The maximum absolute atomic E-state index is 12.5. The molecule has 0 saturated heterocycles. The summed E-state index contributed by atoms with van der Waals surface area (Å²) in [5, 5.41) is 5.49. The van der Waals surface area contributed by atoms with Gasteiger partial charge in [0.2, 0.25) is 27.7 Å². The first-order chi connectivity index (χ1) is 14.5. The van der Waals surface area contributed by atoms with Gasteiger partial charge >= 0.3 is 0 Å². The van der Waals surface area contributed by atoms with Crippen LogP contribution in [0.4, 0.5) is 11.4 Å². The second-order valence-corrected chi connectivity index (χ2v) is 8.89. The SMILES string of the molecule is CC(=O)Nc1ccc(S(=O)(=O)N[C@@H](C)C(=O)N(C)CC(=O)Nc2ccccc2Cl)cc1. The van der Waals surface area contributed by atoms with Gasteiger partial charge in [0, 0.05) is 19.7 Å². The fourth-order valence-corrected chi connectivity index (χ4v) is 4.03. The topological polar surface area (TPSA) is 125 Å². The highest BCUT2D eigenvalue weighted by molar-refractivity contribution is 7.89. The van der Waals surface area contributed by atoms with Crippen LogP contribution in [-0.2, 0) is 24.4 Å². The molecule has 0 fully saturated rings. The summed E-state index contributed by atoms with van der Waals surface area (Å²) in [6.07, 6.45) is 0. The van der Waals surface area contributed by atoms with Crippen LogP contribution >= 0.6 is 11.6 Å². The molecule has 11 heteroatoms. The van der Waals surface area contributed by atoms with Crippen LogP contribution in [-0.4, -0.2) is 50.7 Å². The molecule has 0 unspecified atom stereocenters. The molecule has 0 aromatic heterocycles. The molecule has 9 nitrogen and oxygen atoms in total. The summed E-state index contributed by atoms with van der Waals surface area (Å²) < 4.78 is 27.4. The number of sulfonamides is 1. The summed E-state index contributed by atoms with van der Waals surface area (Å²) in [4.78, 5) is 36.8. The number of hydrogen-bond donors (Lipinski definition) is 3. The number of benzene rings is 2. The summed E-state index contributed by atoms with van der Waals surface area (Å²) >= 11 is 5.99. The standard InChI is InChI=1S/C20H23ClN4O5S/c1-13(24-31(29,30)16-10-8-15(9-11-16)22-14(2)26)20(28)25(3)12-19(27)23-18-7-5-4-6-17(18)21/h4-11,13,24H,12H2,1-3H3,(H,22,26)(H,23,27)/t13-/m0/s1. The van der Waals surface area contributed by atoms with E-state index in [2.05, 4.69) is 15.4 Å². The van der Waals surface area contributed by atoms with Gasteiger partial charge in [-0.05, 0) is 43.3 Å². The number of carbonyl (C=O) groups excluding carboxylic acids is 3. The molecule has 2 aromatic rings. The summed E-state index contributed by atoms with van der Waals surface area (Å²) in [6.45, 7) is 2.43. The van der Waals surface area contributed by atoms with E-state index in [9.17, 15) is 22.8 Å². The van der Waals surface area contributed by atoms with E-state index in [0.717, 1.165) is 4.90 Å². The van der Waals surface area contributed by atoms with Crippen LogP contribution in [0.25, 0.3) is 0 Å². The van der Waals surface area contributed by atoms with Crippen LogP contribution in [0, 0.1) is 0 Å². The van der Waals surface area contributed by atoms with Crippen molar-refractivity contribution >= 4 is 50.7 Å². The number of para-hydroxylation sites is 1. The van der Waals surface area contributed by atoms with Crippen LogP contribution in [0.1, 0.15) is 13.8 Å². The predicted molar refractivity (Wildman–Crippen MR) is 118 cm³/mol. The molecule has 0 bridgehead atoms. The first-order valence-electron chi connectivity index (χ1n) is 9.19. The zero-order valence-corrected chi connectivity index (χ0v) is 18.8. The van der Waals surface area contributed by atoms with Gasteiger partial charge in [-0.1, -0.05) is 23.7 Å². The summed E-state index contributed by atoms with van der Waals surface area (Å²) in [5.41, 5.74) is 0.853. The highest BCUT2D eigenvalue weighted by Crippen LogP contribution is 2.20. The third kappa shape index (κ3) is 7.06. The van der Waals surface area contributed by atoms with E-state index < -0.39 is 27.9 Å². The number of halogens is 1. The average Bonchev–Trinajstić information content (AvgIpc) is 2.68. The van der Waals surface area contributed by atoms with E-state index in [4.69, 9.17) is 11.6 Å². The number of nitrogens with zero attached hydrogens (tertiary/aromatic N) is 1. The van der Waals surface area contributed by atoms with E-state index in [-0.39, 0.29) is 17.3 Å². The van der Waals surface area contributed by atoms with E-state index in [1.54, 1.807) is 24.3 Å². The molecular formula is C20H23ClN4O5S. The predicted octanol–water partition coefficient (Wildman–Crippen LogP) is 2.06. The molecule has 0 aliphatic rings. The minimum Gasteiger partial charge on any atom is -0.335 e. The molecule has 31 heavy (non-hydrogen) atoms. The van der Waals surface area contributed by atoms with E-state index in [1.807, 2.05) is 0 Å². The van der Waals surface area contributed by atoms with Gasteiger partial charge in [0.25, 0.3) is 0 Å². The first kappa shape index (κ1) is 24.3. The molecule has 2 rings (SSSR count). The van der Waals surface area contributed by atoms with Gasteiger partial charge < -0.3 is 15.5 Å². The fourth-order valence-electron chi connectivity index (χ4n) is 2.65. The highest BCUT2D eigenvalue weighted by Gasteiger charge is 2.25. The highest BCUT2D eigenvalue weighted by atomic mass is 35.5. The largest absolute Gasteiger partial charge is 0.335 e. The van der Waals surface area contributed by atoms with Gasteiger partial charge in [-0.3, -0.25) is 14.4 Å². The van der Waals surface area contributed by atoms with Crippen molar-refractivity contribution in [3.8, 4) is 0 Å². The maximum Gasteiger partial charge on any atom is 0.244 e. The van der Waals surface area contributed by atoms with E-state index in [1.165, 1.54) is 45.2 Å². The number of likely N-dealkylation sites (N-methyl/N-ethyl adjacent to an activating group) is 1. The van der Waals surface area contributed by atoms with Crippen LogP contribution in [0.2, 0.25) is 5.02 Å². The Balaban J connectivity index is 1.97. The molecule has 0 spiro atoms. The minimum absolute atomic E-state index is 0.0691. The zero-order valence-electron chi connectivity index (χ0n) is 17.2. The van der Waals surface area contributed by atoms with Crippen molar-refractivity contribution < 1.29 is 22.8 Å². The Hall–Kier alpha value is -2.95. The molecular weight excluding hydrogens is 444 g/mol. The lowest BCUT2D eigenvalue weighted by Gasteiger charge is -2.22. The Morgan fingerprint density at radius 2 is 1.65 bits per heavy atom. The first-order valence-corrected chi connectivity index (χ1v) is 11.0. The van der Waals surface area contributed by atoms with Gasteiger partial charge in [0.05, 0.1) is 28.2 Å². The molecule has 3 amide bonds. The van der Waals surface area contributed by atoms with Gasteiger partial charge in [-0.25, -0.2) is 8.42 Å². The lowest BCUT2D eigenvalue weighted by Crippen LogP contribution is -2.47. The molecule has 0 aliphatic heterocycles.